The smallest absolute Gasteiger partial charge is 0.119 e. The van der Waals surface area contributed by atoms with E-state index in [2.05, 4.69) is 22.4 Å². The van der Waals surface area contributed by atoms with Crippen molar-refractivity contribution in [2.75, 3.05) is 5.32 Å². The van der Waals surface area contributed by atoms with Crippen LogP contribution < -0.4 is 10.1 Å². The van der Waals surface area contributed by atoms with Crippen LogP contribution in [0, 0.1) is 0 Å². The van der Waals surface area contributed by atoms with E-state index in [4.69, 9.17) is 4.74 Å². The van der Waals surface area contributed by atoms with Gasteiger partial charge < -0.3 is 10.1 Å². The van der Waals surface area contributed by atoms with E-state index in [1.165, 1.54) is 0 Å². The minimum Gasteiger partial charge on any atom is -0.491 e. The predicted molar refractivity (Wildman–Crippen MR) is 72.8 cm³/mol. The lowest BCUT2D eigenvalue weighted by atomic mass is 10.2. The first kappa shape index (κ1) is 12.5. The van der Waals surface area contributed by atoms with Crippen molar-refractivity contribution in [2.24, 2.45) is 0 Å². The molecule has 1 aromatic heterocycles. The highest BCUT2D eigenvalue weighted by atomic mass is 16.5. The zero-order chi connectivity index (χ0) is 13.0. The molecule has 0 bridgehead atoms. The number of nitrogens with one attached hydrogen (secondary N) is 2. The Hall–Kier alpha value is -1.97. The lowest BCUT2D eigenvalue weighted by Gasteiger charge is -2.14. The molecular formula is C14H19N3O. The molecule has 1 unspecified atom stereocenters. The van der Waals surface area contributed by atoms with Gasteiger partial charge in [-0.1, -0.05) is 0 Å². The molecule has 96 valence electrons. The lowest BCUT2D eigenvalue weighted by Crippen LogP contribution is -2.08. The minimum absolute atomic E-state index is 0.198. The number of aromatic amines is 1. The number of benzene rings is 1. The molecule has 4 heteroatoms. The number of hydrogen-bond acceptors (Lipinski definition) is 3. The van der Waals surface area contributed by atoms with Crippen molar-refractivity contribution >= 4 is 5.69 Å². The summed E-state index contributed by atoms with van der Waals surface area (Å²) in [4.78, 5) is 0. The molecule has 0 radical (unpaired) electrons. The lowest BCUT2D eigenvalue weighted by molar-refractivity contribution is 0.242. The summed E-state index contributed by atoms with van der Waals surface area (Å²) in [5, 5.41) is 10.3. The Balaban J connectivity index is 1.98. The SMILES string of the molecule is CC(C)Oc1ccc(NC(C)c2ccn[nH]2)cc1. The van der Waals surface area contributed by atoms with Crippen LogP contribution in [0.15, 0.2) is 36.5 Å². The van der Waals surface area contributed by atoms with Gasteiger partial charge in [0.2, 0.25) is 0 Å². The number of aromatic nitrogens is 2. The molecule has 2 N–H and O–H groups in total. The Morgan fingerprint density at radius 1 is 1.11 bits per heavy atom. The first-order valence-corrected chi connectivity index (χ1v) is 6.17. The number of anilines is 1. The average molecular weight is 245 g/mol. The Morgan fingerprint density at radius 2 is 1.83 bits per heavy atom. The third kappa shape index (κ3) is 3.26. The quantitative estimate of drug-likeness (QED) is 0.849. The summed E-state index contributed by atoms with van der Waals surface area (Å²) >= 11 is 0. The van der Waals surface area contributed by atoms with E-state index in [0.717, 1.165) is 17.1 Å². The van der Waals surface area contributed by atoms with Gasteiger partial charge in [0.25, 0.3) is 0 Å². The van der Waals surface area contributed by atoms with Crippen LogP contribution in [0.1, 0.15) is 32.5 Å². The van der Waals surface area contributed by atoms with Crippen LogP contribution in [0.4, 0.5) is 5.69 Å². The van der Waals surface area contributed by atoms with Crippen molar-refractivity contribution in [1.29, 1.82) is 0 Å². The number of rotatable bonds is 5. The van der Waals surface area contributed by atoms with E-state index in [1.807, 2.05) is 44.2 Å². The fourth-order valence-corrected chi connectivity index (χ4v) is 1.74. The van der Waals surface area contributed by atoms with Gasteiger partial charge in [0.1, 0.15) is 5.75 Å². The Bertz CT molecular complexity index is 462. The summed E-state index contributed by atoms with van der Waals surface area (Å²) < 4.78 is 5.60. The Morgan fingerprint density at radius 3 is 2.39 bits per heavy atom. The van der Waals surface area contributed by atoms with Crippen LogP contribution in [0.25, 0.3) is 0 Å². The van der Waals surface area contributed by atoms with Crippen molar-refractivity contribution in [3.05, 3.63) is 42.2 Å². The third-order valence-corrected chi connectivity index (χ3v) is 2.60. The molecule has 1 atom stereocenters. The summed E-state index contributed by atoms with van der Waals surface area (Å²) in [5.74, 6) is 0.893. The maximum atomic E-state index is 5.60. The zero-order valence-electron chi connectivity index (χ0n) is 11.0. The van der Waals surface area contributed by atoms with Gasteiger partial charge in [-0.3, -0.25) is 5.10 Å². The summed E-state index contributed by atoms with van der Waals surface area (Å²) in [6.07, 6.45) is 1.96. The van der Waals surface area contributed by atoms with Gasteiger partial charge in [-0.2, -0.15) is 5.10 Å². The van der Waals surface area contributed by atoms with Crippen LogP contribution in [0.3, 0.4) is 0 Å². The molecule has 1 heterocycles. The highest BCUT2D eigenvalue weighted by molar-refractivity contribution is 5.47. The number of H-pyrrole nitrogens is 1. The van der Waals surface area contributed by atoms with Gasteiger partial charge in [0.15, 0.2) is 0 Å². The molecule has 0 aliphatic heterocycles. The Kier molecular flexibility index (Phi) is 3.87. The molecule has 0 saturated heterocycles. The first-order chi connectivity index (χ1) is 8.65. The number of nitrogens with zero attached hydrogens (tertiary/aromatic N) is 1. The van der Waals surface area contributed by atoms with E-state index < -0.39 is 0 Å². The highest BCUT2D eigenvalue weighted by Crippen LogP contribution is 2.20. The van der Waals surface area contributed by atoms with Crippen molar-refractivity contribution in [3.63, 3.8) is 0 Å². The van der Waals surface area contributed by atoms with Gasteiger partial charge in [-0.05, 0) is 51.1 Å². The van der Waals surface area contributed by atoms with Gasteiger partial charge >= 0.3 is 0 Å². The molecule has 2 rings (SSSR count). The van der Waals surface area contributed by atoms with Crippen molar-refractivity contribution in [3.8, 4) is 5.75 Å². The van der Waals surface area contributed by atoms with Gasteiger partial charge in [0, 0.05) is 11.9 Å². The molecule has 0 aliphatic rings. The third-order valence-electron chi connectivity index (χ3n) is 2.60. The summed E-state index contributed by atoms with van der Waals surface area (Å²) in [6.45, 7) is 6.13. The predicted octanol–water partition coefficient (Wildman–Crippen LogP) is 3.37. The molecule has 0 amide bonds. The van der Waals surface area contributed by atoms with Gasteiger partial charge in [0.05, 0.1) is 17.8 Å². The standard InChI is InChI=1S/C14H19N3O/c1-10(2)18-13-6-4-12(5-7-13)16-11(3)14-8-9-15-17-14/h4-11,16H,1-3H3,(H,15,17). The van der Waals surface area contributed by atoms with Crippen LogP contribution in [-0.2, 0) is 0 Å². The Labute approximate surface area is 107 Å². The average Bonchev–Trinajstić information content (AvgIpc) is 2.84. The van der Waals surface area contributed by atoms with Crippen LogP contribution >= 0.6 is 0 Å². The van der Waals surface area contributed by atoms with E-state index in [0.29, 0.717) is 0 Å². The second kappa shape index (κ2) is 5.58. The van der Waals surface area contributed by atoms with Gasteiger partial charge in [-0.15, -0.1) is 0 Å². The van der Waals surface area contributed by atoms with Crippen molar-refractivity contribution < 1.29 is 4.74 Å². The zero-order valence-corrected chi connectivity index (χ0v) is 11.0. The van der Waals surface area contributed by atoms with Crippen LogP contribution in [-0.4, -0.2) is 16.3 Å². The molecule has 1 aromatic carbocycles. The van der Waals surface area contributed by atoms with Crippen molar-refractivity contribution in [2.45, 2.75) is 32.9 Å². The second-order valence-electron chi connectivity index (χ2n) is 4.57. The van der Waals surface area contributed by atoms with Crippen LogP contribution in [0.2, 0.25) is 0 Å². The number of ether oxygens (including phenoxy) is 1. The van der Waals surface area contributed by atoms with E-state index in [-0.39, 0.29) is 12.1 Å². The molecule has 4 nitrogen and oxygen atoms in total. The highest BCUT2D eigenvalue weighted by Gasteiger charge is 2.06. The molecular weight excluding hydrogens is 226 g/mol. The summed E-state index contributed by atoms with van der Waals surface area (Å²) in [7, 11) is 0. The van der Waals surface area contributed by atoms with E-state index >= 15 is 0 Å². The molecule has 0 saturated carbocycles. The first-order valence-electron chi connectivity index (χ1n) is 6.17. The minimum atomic E-state index is 0.198. The van der Waals surface area contributed by atoms with Crippen LogP contribution in [0.5, 0.6) is 5.75 Å². The monoisotopic (exact) mass is 245 g/mol. The molecule has 0 aliphatic carbocycles. The summed E-state index contributed by atoms with van der Waals surface area (Å²) in [5.41, 5.74) is 2.13. The number of hydrogen-bond donors (Lipinski definition) is 2. The molecule has 0 spiro atoms. The normalized spacial score (nSPS) is 12.4. The molecule has 0 fully saturated rings. The van der Waals surface area contributed by atoms with E-state index in [1.54, 1.807) is 6.20 Å². The van der Waals surface area contributed by atoms with Gasteiger partial charge in [-0.25, -0.2) is 0 Å². The maximum Gasteiger partial charge on any atom is 0.119 e. The molecule has 2 aromatic rings. The van der Waals surface area contributed by atoms with Crippen molar-refractivity contribution in [1.82, 2.24) is 10.2 Å². The molecule has 18 heavy (non-hydrogen) atoms. The topological polar surface area (TPSA) is 49.9 Å². The maximum absolute atomic E-state index is 5.60. The second-order valence-corrected chi connectivity index (χ2v) is 4.57. The fourth-order valence-electron chi connectivity index (χ4n) is 1.74. The van der Waals surface area contributed by atoms with E-state index in [9.17, 15) is 0 Å². The summed E-state index contributed by atoms with van der Waals surface area (Å²) in [6, 6.07) is 10.1. The largest absolute Gasteiger partial charge is 0.491 e. The fraction of sp³-hybridized carbons (Fsp3) is 0.357.